The van der Waals surface area contributed by atoms with Gasteiger partial charge >= 0.3 is 6.18 Å². The molecule has 0 heterocycles. The molecule has 8 heteroatoms. The van der Waals surface area contributed by atoms with E-state index in [1.807, 2.05) is 0 Å². The maximum absolute atomic E-state index is 13.0. The molecule has 0 radical (unpaired) electrons. The van der Waals surface area contributed by atoms with Gasteiger partial charge in [0.1, 0.15) is 6.54 Å². The Labute approximate surface area is 155 Å². The van der Waals surface area contributed by atoms with E-state index in [4.69, 9.17) is 5.73 Å². The third-order valence-electron chi connectivity index (χ3n) is 4.00. The second-order valence-electron chi connectivity index (χ2n) is 5.99. The summed E-state index contributed by atoms with van der Waals surface area (Å²) in [6.07, 6.45) is -4.59. The third-order valence-corrected chi connectivity index (χ3v) is 4.00. The fourth-order valence-corrected chi connectivity index (χ4v) is 2.57. The molecular weight excluding hydrogens is 359 g/mol. The molecule has 0 aromatic heterocycles. The number of benzene rings is 2. The van der Waals surface area contributed by atoms with Crippen LogP contribution in [0.1, 0.15) is 28.4 Å². The number of carbonyl (C=O) groups excluding carboxylic acids is 2. The topological polar surface area (TPSA) is 75.4 Å². The van der Waals surface area contributed by atoms with Crippen molar-refractivity contribution in [2.75, 3.05) is 24.1 Å². The highest BCUT2D eigenvalue weighted by Gasteiger charge is 2.33. The lowest BCUT2D eigenvalue weighted by atomic mass is 10.1. The number of nitrogen functional groups attached to an aromatic ring is 1. The standard InChI is InChI=1S/C19H20F3N3O2/c1-3-25(18(27)14-10-13(23)9-8-12(14)2)11-17(26)24-16-7-5-4-6-15(16)19(20,21)22/h4-10H,3,11,23H2,1-2H3,(H,24,26). The van der Waals surface area contributed by atoms with E-state index in [2.05, 4.69) is 5.32 Å². The minimum atomic E-state index is -4.59. The smallest absolute Gasteiger partial charge is 0.399 e. The van der Waals surface area contributed by atoms with Crippen LogP contribution in [0.15, 0.2) is 42.5 Å². The molecule has 3 N–H and O–H groups in total. The van der Waals surface area contributed by atoms with Crippen molar-refractivity contribution in [1.29, 1.82) is 0 Å². The van der Waals surface area contributed by atoms with E-state index in [9.17, 15) is 22.8 Å². The zero-order valence-corrected chi connectivity index (χ0v) is 14.9. The molecule has 2 amide bonds. The quantitative estimate of drug-likeness (QED) is 0.778. The van der Waals surface area contributed by atoms with Gasteiger partial charge in [0, 0.05) is 17.8 Å². The molecule has 0 unspecified atom stereocenters. The number of hydrogen-bond acceptors (Lipinski definition) is 3. The van der Waals surface area contributed by atoms with Crippen molar-refractivity contribution >= 4 is 23.2 Å². The number of amides is 2. The maximum atomic E-state index is 13.0. The number of alkyl halides is 3. The summed E-state index contributed by atoms with van der Waals surface area (Å²) in [6.45, 7) is 3.24. The monoisotopic (exact) mass is 379 g/mol. The Morgan fingerprint density at radius 3 is 2.44 bits per heavy atom. The van der Waals surface area contributed by atoms with Crippen molar-refractivity contribution < 1.29 is 22.8 Å². The molecule has 0 spiro atoms. The second kappa shape index (κ2) is 8.11. The second-order valence-corrected chi connectivity index (χ2v) is 5.99. The Bertz CT molecular complexity index is 850. The molecule has 2 aromatic carbocycles. The SMILES string of the molecule is CCN(CC(=O)Nc1ccccc1C(F)(F)F)C(=O)c1cc(N)ccc1C. The number of carbonyl (C=O) groups is 2. The summed E-state index contributed by atoms with van der Waals surface area (Å²) in [6, 6.07) is 9.54. The molecule has 0 atom stereocenters. The molecule has 0 bridgehead atoms. The number of anilines is 2. The Morgan fingerprint density at radius 2 is 1.81 bits per heavy atom. The third kappa shape index (κ3) is 4.99. The molecule has 0 aliphatic rings. The van der Waals surface area contributed by atoms with Gasteiger partial charge in [-0.15, -0.1) is 0 Å². The molecule has 0 saturated heterocycles. The van der Waals surface area contributed by atoms with Gasteiger partial charge in [-0.05, 0) is 43.7 Å². The minimum absolute atomic E-state index is 0.210. The van der Waals surface area contributed by atoms with E-state index < -0.39 is 23.6 Å². The fourth-order valence-electron chi connectivity index (χ4n) is 2.57. The first-order valence-corrected chi connectivity index (χ1v) is 8.25. The van der Waals surface area contributed by atoms with Gasteiger partial charge in [0.05, 0.1) is 11.3 Å². The molecule has 5 nitrogen and oxygen atoms in total. The number of aryl methyl sites for hydroxylation is 1. The van der Waals surface area contributed by atoms with E-state index in [0.717, 1.165) is 6.07 Å². The predicted molar refractivity (Wildman–Crippen MR) is 97.2 cm³/mol. The van der Waals surface area contributed by atoms with E-state index in [1.54, 1.807) is 26.0 Å². The molecule has 0 aliphatic heterocycles. The molecular formula is C19H20F3N3O2. The predicted octanol–water partition coefficient (Wildman–Crippen LogP) is 3.70. The Hall–Kier alpha value is -3.03. The number of rotatable bonds is 5. The van der Waals surface area contributed by atoms with Crippen molar-refractivity contribution in [1.82, 2.24) is 4.90 Å². The number of likely N-dealkylation sites (N-methyl/N-ethyl adjacent to an activating group) is 1. The van der Waals surface area contributed by atoms with Crippen LogP contribution in [0.3, 0.4) is 0 Å². The summed E-state index contributed by atoms with van der Waals surface area (Å²) in [7, 11) is 0. The van der Waals surface area contributed by atoms with Crippen LogP contribution >= 0.6 is 0 Å². The molecule has 2 aromatic rings. The number of nitrogens with zero attached hydrogens (tertiary/aromatic N) is 1. The highest BCUT2D eigenvalue weighted by Crippen LogP contribution is 2.34. The van der Waals surface area contributed by atoms with Gasteiger partial charge < -0.3 is 16.0 Å². The van der Waals surface area contributed by atoms with Gasteiger partial charge in [0.15, 0.2) is 0 Å². The summed E-state index contributed by atoms with van der Waals surface area (Å²) in [5.74, 6) is -1.13. The first kappa shape index (κ1) is 20.3. The molecule has 0 aliphatic carbocycles. The summed E-state index contributed by atoms with van der Waals surface area (Å²) < 4.78 is 39.1. The molecule has 0 saturated carbocycles. The summed E-state index contributed by atoms with van der Waals surface area (Å²) in [4.78, 5) is 26.2. The van der Waals surface area contributed by atoms with E-state index in [-0.39, 0.29) is 18.8 Å². The summed E-state index contributed by atoms with van der Waals surface area (Å²) in [5, 5.41) is 2.24. The van der Waals surface area contributed by atoms with Crippen LogP contribution in [0.5, 0.6) is 0 Å². The van der Waals surface area contributed by atoms with Crippen molar-refractivity contribution in [3.63, 3.8) is 0 Å². The van der Waals surface area contributed by atoms with Crippen LogP contribution in [0.25, 0.3) is 0 Å². The molecule has 27 heavy (non-hydrogen) atoms. The molecule has 0 fully saturated rings. The van der Waals surface area contributed by atoms with Gasteiger partial charge in [0.25, 0.3) is 5.91 Å². The lowest BCUT2D eigenvalue weighted by Gasteiger charge is -2.22. The fraction of sp³-hybridized carbons (Fsp3) is 0.263. The van der Waals surface area contributed by atoms with Crippen LogP contribution in [-0.4, -0.2) is 29.8 Å². The van der Waals surface area contributed by atoms with E-state index >= 15 is 0 Å². The van der Waals surface area contributed by atoms with Crippen molar-refractivity contribution in [2.24, 2.45) is 0 Å². The van der Waals surface area contributed by atoms with Crippen LogP contribution in [0, 0.1) is 6.92 Å². The first-order valence-electron chi connectivity index (χ1n) is 8.25. The van der Waals surface area contributed by atoms with Gasteiger partial charge in [-0.1, -0.05) is 18.2 Å². The zero-order valence-electron chi connectivity index (χ0n) is 14.9. The van der Waals surface area contributed by atoms with Crippen LogP contribution in [-0.2, 0) is 11.0 Å². The number of halogens is 3. The minimum Gasteiger partial charge on any atom is -0.399 e. The van der Waals surface area contributed by atoms with Crippen LogP contribution < -0.4 is 11.1 Å². The number of hydrogen-bond donors (Lipinski definition) is 2. The number of para-hydroxylation sites is 1. The van der Waals surface area contributed by atoms with Crippen molar-refractivity contribution in [3.8, 4) is 0 Å². The molecule has 144 valence electrons. The number of nitrogens with two attached hydrogens (primary N) is 1. The van der Waals surface area contributed by atoms with Crippen LogP contribution in [0.2, 0.25) is 0 Å². The Kier molecular flexibility index (Phi) is 6.09. The van der Waals surface area contributed by atoms with Crippen molar-refractivity contribution in [3.05, 3.63) is 59.2 Å². The van der Waals surface area contributed by atoms with Gasteiger partial charge in [-0.25, -0.2) is 0 Å². The maximum Gasteiger partial charge on any atom is 0.418 e. The Morgan fingerprint density at radius 1 is 1.15 bits per heavy atom. The Balaban J connectivity index is 2.17. The average molecular weight is 379 g/mol. The highest BCUT2D eigenvalue weighted by molar-refractivity contribution is 6.00. The first-order chi connectivity index (χ1) is 12.6. The highest BCUT2D eigenvalue weighted by atomic mass is 19.4. The van der Waals surface area contributed by atoms with Crippen molar-refractivity contribution in [2.45, 2.75) is 20.0 Å². The largest absolute Gasteiger partial charge is 0.418 e. The summed E-state index contributed by atoms with van der Waals surface area (Å²) in [5.41, 5.74) is 5.86. The van der Waals surface area contributed by atoms with Crippen LogP contribution in [0.4, 0.5) is 24.5 Å². The van der Waals surface area contributed by atoms with E-state index in [1.165, 1.54) is 29.2 Å². The average Bonchev–Trinajstić information content (AvgIpc) is 2.60. The zero-order chi connectivity index (χ0) is 20.2. The summed E-state index contributed by atoms with van der Waals surface area (Å²) >= 11 is 0. The number of nitrogens with one attached hydrogen (secondary N) is 1. The van der Waals surface area contributed by atoms with E-state index in [0.29, 0.717) is 16.8 Å². The van der Waals surface area contributed by atoms with Gasteiger partial charge in [0.2, 0.25) is 5.91 Å². The normalized spacial score (nSPS) is 11.1. The lowest BCUT2D eigenvalue weighted by Crippen LogP contribution is -2.38. The van der Waals surface area contributed by atoms with Gasteiger partial charge in [-0.2, -0.15) is 13.2 Å². The van der Waals surface area contributed by atoms with Gasteiger partial charge in [-0.3, -0.25) is 9.59 Å². The molecule has 2 rings (SSSR count). The lowest BCUT2D eigenvalue weighted by molar-refractivity contribution is -0.137.